The second-order valence-corrected chi connectivity index (χ2v) is 2.89. The molecule has 2 amide bonds. The smallest absolute Gasteiger partial charge is 0.330 e. The van der Waals surface area contributed by atoms with Crippen molar-refractivity contribution in [1.29, 1.82) is 0 Å². The third-order valence-corrected chi connectivity index (χ3v) is 1.85. The number of esters is 1. The minimum atomic E-state index is -0.368. The van der Waals surface area contributed by atoms with Gasteiger partial charge in [-0.3, -0.25) is 0 Å². The van der Waals surface area contributed by atoms with Crippen LogP contribution >= 0.6 is 0 Å². The summed E-state index contributed by atoms with van der Waals surface area (Å²) in [6.45, 7) is 3.79. The maximum absolute atomic E-state index is 11.0. The van der Waals surface area contributed by atoms with Crippen LogP contribution in [0, 0.1) is 0 Å². The molecule has 78 valence electrons. The number of hydrogen-bond donors (Lipinski definition) is 1. The molecule has 0 aromatic carbocycles. The zero-order chi connectivity index (χ0) is 10.4. The molecule has 0 aromatic heterocycles. The fourth-order valence-corrected chi connectivity index (χ4v) is 1.17. The zero-order valence-corrected chi connectivity index (χ0v) is 8.16. The summed E-state index contributed by atoms with van der Waals surface area (Å²) in [6, 6.07) is -0.0907. The van der Waals surface area contributed by atoms with Crippen LogP contribution in [-0.2, 0) is 9.53 Å². The lowest BCUT2D eigenvalue weighted by atomic mass is 10.5. The predicted molar refractivity (Wildman–Crippen MR) is 50.7 cm³/mol. The molecule has 14 heavy (non-hydrogen) atoms. The topological polar surface area (TPSA) is 58.6 Å². The molecule has 1 saturated heterocycles. The van der Waals surface area contributed by atoms with Gasteiger partial charge < -0.3 is 15.0 Å². The van der Waals surface area contributed by atoms with E-state index < -0.39 is 0 Å². The summed E-state index contributed by atoms with van der Waals surface area (Å²) in [4.78, 5) is 23.5. The average Bonchev–Trinajstić information content (AvgIpc) is 2.52. The van der Waals surface area contributed by atoms with Crippen molar-refractivity contribution in [2.45, 2.75) is 6.92 Å². The van der Waals surface area contributed by atoms with E-state index in [9.17, 15) is 9.59 Å². The number of carbonyl (C=O) groups is 2. The summed E-state index contributed by atoms with van der Waals surface area (Å²) in [5, 5.41) is 2.67. The van der Waals surface area contributed by atoms with Gasteiger partial charge in [0.15, 0.2) is 0 Å². The van der Waals surface area contributed by atoms with Crippen molar-refractivity contribution in [2.75, 3.05) is 26.2 Å². The second kappa shape index (κ2) is 5.26. The summed E-state index contributed by atoms with van der Waals surface area (Å²) >= 11 is 0. The highest BCUT2D eigenvalue weighted by Gasteiger charge is 2.18. The van der Waals surface area contributed by atoms with Gasteiger partial charge in [-0.05, 0) is 6.92 Å². The van der Waals surface area contributed by atoms with Gasteiger partial charge in [0.1, 0.15) is 6.61 Å². The normalized spacial score (nSPS) is 16.1. The second-order valence-electron chi connectivity index (χ2n) is 2.89. The fourth-order valence-electron chi connectivity index (χ4n) is 1.17. The average molecular weight is 198 g/mol. The Morgan fingerprint density at radius 1 is 1.71 bits per heavy atom. The SMILES string of the molecule is CC=CC(=O)OCCN1CCNC1=O. The maximum Gasteiger partial charge on any atom is 0.330 e. The van der Waals surface area contributed by atoms with E-state index in [2.05, 4.69) is 5.32 Å². The van der Waals surface area contributed by atoms with E-state index in [1.807, 2.05) is 0 Å². The molecule has 5 heteroatoms. The largest absolute Gasteiger partial charge is 0.461 e. The first-order valence-electron chi connectivity index (χ1n) is 4.56. The van der Waals surface area contributed by atoms with E-state index in [0.717, 1.165) is 0 Å². The molecule has 1 N–H and O–H groups in total. The lowest BCUT2D eigenvalue weighted by molar-refractivity contribution is -0.137. The van der Waals surface area contributed by atoms with Gasteiger partial charge in [-0.15, -0.1) is 0 Å². The molecule has 1 aliphatic rings. The Kier molecular flexibility index (Phi) is 3.97. The van der Waals surface area contributed by atoms with E-state index in [-0.39, 0.29) is 18.6 Å². The minimum Gasteiger partial charge on any atom is -0.461 e. The molecule has 0 radical (unpaired) electrons. The first-order valence-corrected chi connectivity index (χ1v) is 4.56. The molecule has 0 spiro atoms. The lowest BCUT2D eigenvalue weighted by Crippen LogP contribution is -2.31. The van der Waals surface area contributed by atoms with Crippen LogP contribution in [0.5, 0.6) is 0 Å². The third kappa shape index (κ3) is 3.08. The summed E-state index contributed by atoms with van der Waals surface area (Å²) in [5.41, 5.74) is 0. The van der Waals surface area contributed by atoms with Gasteiger partial charge in [0, 0.05) is 19.2 Å². The molecule has 0 aliphatic carbocycles. The summed E-state index contributed by atoms with van der Waals surface area (Å²) in [7, 11) is 0. The highest BCUT2D eigenvalue weighted by atomic mass is 16.5. The quantitative estimate of drug-likeness (QED) is 0.516. The van der Waals surface area contributed by atoms with Crippen molar-refractivity contribution in [3.8, 4) is 0 Å². The standard InChI is InChI=1S/C9H14N2O3/c1-2-3-8(12)14-7-6-11-5-4-10-9(11)13/h2-3H,4-7H2,1H3,(H,10,13). The number of amides is 2. The lowest BCUT2D eigenvalue weighted by Gasteiger charge is -2.12. The van der Waals surface area contributed by atoms with E-state index in [1.54, 1.807) is 17.9 Å². The predicted octanol–water partition coefficient (Wildman–Crippen LogP) is 0.131. The summed E-state index contributed by atoms with van der Waals surface area (Å²) in [5.74, 6) is -0.368. The number of rotatable bonds is 4. The molecular weight excluding hydrogens is 184 g/mol. The third-order valence-electron chi connectivity index (χ3n) is 1.85. The van der Waals surface area contributed by atoms with E-state index in [1.165, 1.54) is 6.08 Å². The number of urea groups is 1. The zero-order valence-electron chi connectivity index (χ0n) is 8.16. The minimum absolute atomic E-state index is 0.0907. The Labute approximate surface area is 82.7 Å². The Morgan fingerprint density at radius 2 is 2.50 bits per heavy atom. The molecule has 0 saturated carbocycles. The van der Waals surface area contributed by atoms with E-state index >= 15 is 0 Å². The number of nitrogens with zero attached hydrogens (tertiary/aromatic N) is 1. The summed E-state index contributed by atoms with van der Waals surface area (Å²) < 4.78 is 4.85. The number of carbonyl (C=O) groups excluding carboxylic acids is 2. The molecule has 0 bridgehead atoms. The molecule has 1 fully saturated rings. The number of ether oxygens (including phenoxy) is 1. The van der Waals surface area contributed by atoms with Gasteiger partial charge in [0.2, 0.25) is 0 Å². The van der Waals surface area contributed by atoms with Crippen molar-refractivity contribution in [2.24, 2.45) is 0 Å². The van der Waals surface area contributed by atoms with E-state index in [4.69, 9.17) is 4.74 Å². The summed E-state index contributed by atoms with van der Waals surface area (Å²) in [6.07, 6.45) is 2.97. The van der Waals surface area contributed by atoms with Crippen molar-refractivity contribution < 1.29 is 14.3 Å². The monoisotopic (exact) mass is 198 g/mol. The van der Waals surface area contributed by atoms with Crippen LogP contribution in [-0.4, -0.2) is 43.1 Å². The Bertz CT molecular complexity index is 250. The van der Waals surface area contributed by atoms with Crippen LogP contribution in [0.4, 0.5) is 4.79 Å². The van der Waals surface area contributed by atoms with Crippen LogP contribution in [0.15, 0.2) is 12.2 Å². The van der Waals surface area contributed by atoms with Crippen LogP contribution in [0.25, 0.3) is 0 Å². The number of hydrogen-bond acceptors (Lipinski definition) is 3. The molecule has 1 heterocycles. The van der Waals surface area contributed by atoms with Crippen molar-refractivity contribution in [3.05, 3.63) is 12.2 Å². The van der Waals surface area contributed by atoms with Crippen molar-refractivity contribution in [1.82, 2.24) is 10.2 Å². The van der Waals surface area contributed by atoms with Crippen LogP contribution < -0.4 is 5.32 Å². The first-order chi connectivity index (χ1) is 6.74. The van der Waals surface area contributed by atoms with Gasteiger partial charge in [-0.2, -0.15) is 0 Å². The number of allylic oxidation sites excluding steroid dienone is 1. The van der Waals surface area contributed by atoms with Gasteiger partial charge in [-0.25, -0.2) is 9.59 Å². The fraction of sp³-hybridized carbons (Fsp3) is 0.556. The molecule has 1 rings (SSSR count). The molecule has 0 aromatic rings. The van der Waals surface area contributed by atoms with Crippen LogP contribution in [0.1, 0.15) is 6.92 Å². The van der Waals surface area contributed by atoms with Crippen molar-refractivity contribution >= 4 is 12.0 Å². The van der Waals surface area contributed by atoms with Gasteiger partial charge in [-0.1, -0.05) is 6.08 Å². The maximum atomic E-state index is 11.0. The molecular formula is C9H14N2O3. The van der Waals surface area contributed by atoms with Gasteiger partial charge >= 0.3 is 12.0 Å². The van der Waals surface area contributed by atoms with Crippen molar-refractivity contribution in [3.63, 3.8) is 0 Å². The Morgan fingerprint density at radius 3 is 3.07 bits per heavy atom. The molecule has 5 nitrogen and oxygen atoms in total. The Hall–Kier alpha value is -1.52. The highest BCUT2D eigenvalue weighted by molar-refractivity contribution is 5.81. The number of nitrogens with one attached hydrogen (secondary N) is 1. The van der Waals surface area contributed by atoms with Crippen LogP contribution in [0.2, 0.25) is 0 Å². The Balaban J connectivity index is 2.15. The van der Waals surface area contributed by atoms with Gasteiger partial charge in [0.25, 0.3) is 0 Å². The molecule has 0 atom stereocenters. The van der Waals surface area contributed by atoms with E-state index in [0.29, 0.717) is 19.6 Å². The van der Waals surface area contributed by atoms with Crippen LogP contribution in [0.3, 0.4) is 0 Å². The molecule has 1 aliphatic heterocycles. The molecule has 0 unspecified atom stereocenters. The highest BCUT2D eigenvalue weighted by Crippen LogP contribution is 1.95. The first kappa shape index (κ1) is 10.6. The van der Waals surface area contributed by atoms with Gasteiger partial charge in [0.05, 0.1) is 6.54 Å².